The van der Waals surface area contributed by atoms with Gasteiger partial charge in [-0.1, -0.05) is 186 Å². The Labute approximate surface area is 298 Å². The van der Waals surface area contributed by atoms with E-state index in [0.29, 0.717) is 6.42 Å². The van der Waals surface area contributed by atoms with Crippen molar-refractivity contribution in [2.75, 3.05) is 5.75 Å². The number of nitrogens with one attached hydrogen (secondary N) is 1. The average molecular weight is 698 g/mol. The van der Waals surface area contributed by atoms with Crippen LogP contribution in [0.1, 0.15) is 213 Å². The van der Waals surface area contributed by atoms with Gasteiger partial charge in [0.25, 0.3) is 10.1 Å². The molecule has 0 aromatic rings. The summed E-state index contributed by atoms with van der Waals surface area (Å²) in [7, 11) is -4.34. The van der Waals surface area contributed by atoms with Gasteiger partial charge < -0.3 is 10.4 Å². The second-order valence-electron chi connectivity index (χ2n) is 14.3. The molecule has 284 valence electrons. The lowest BCUT2D eigenvalue weighted by Crippen LogP contribution is -2.46. The SMILES string of the molecule is CCCCCCCCCC/C=C\CCCCCCCCCCCC(=O)NC(CS(=O)(=O)O)C(O)/C=C/CCCCCCCCCCCC. The molecule has 0 heterocycles. The zero-order chi connectivity index (χ0) is 35.4. The van der Waals surface area contributed by atoms with E-state index in [-0.39, 0.29) is 5.91 Å². The number of hydrogen-bond acceptors (Lipinski definition) is 4. The third kappa shape index (κ3) is 36.1. The zero-order valence-corrected chi connectivity index (χ0v) is 32.4. The Morgan fingerprint density at radius 2 is 0.875 bits per heavy atom. The first-order chi connectivity index (χ1) is 23.3. The van der Waals surface area contributed by atoms with Gasteiger partial charge in [0.15, 0.2) is 0 Å². The summed E-state index contributed by atoms with van der Waals surface area (Å²) >= 11 is 0. The van der Waals surface area contributed by atoms with Crippen LogP contribution in [0.3, 0.4) is 0 Å². The Kier molecular flexibility index (Phi) is 34.8. The minimum absolute atomic E-state index is 0.280. The number of rotatable bonds is 37. The van der Waals surface area contributed by atoms with E-state index >= 15 is 0 Å². The molecule has 0 aromatic carbocycles. The summed E-state index contributed by atoms with van der Waals surface area (Å²) in [5, 5.41) is 13.2. The van der Waals surface area contributed by atoms with E-state index in [1.54, 1.807) is 6.08 Å². The molecule has 0 saturated carbocycles. The second-order valence-corrected chi connectivity index (χ2v) is 15.8. The van der Waals surface area contributed by atoms with Crippen LogP contribution in [0.25, 0.3) is 0 Å². The minimum Gasteiger partial charge on any atom is -0.387 e. The van der Waals surface area contributed by atoms with Crippen LogP contribution < -0.4 is 5.32 Å². The summed E-state index contributed by atoms with van der Waals surface area (Å²) in [4.78, 5) is 12.5. The van der Waals surface area contributed by atoms with E-state index in [1.165, 1.54) is 154 Å². The van der Waals surface area contributed by atoms with Crippen LogP contribution in [-0.4, -0.2) is 41.9 Å². The highest BCUT2D eigenvalue weighted by molar-refractivity contribution is 7.85. The summed E-state index contributed by atoms with van der Waals surface area (Å²) in [6.07, 6.45) is 44.5. The third-order valence-corrected chi connectivity index (χ3v) is 10.2. The Morgan fingerprint density at radius 3 is 1.25 bits per heavy atom. The fourth-order valence-electron chi connectivity index (χ4n) is 6.27. The van der Waals surface area contributed by atoms with Crippen molar-refractivity contribution in [3.05, 3.63) is 24.3 Å². The highest BCUT2D eigenvalue weighted by Crippen LogP contribution is 2.14. The lowest BCUT2D eigenvalue weighted by atomic mass is 10.0. The fraction of sp³-hybridized carbons (Fsp3) is 0.878. The van der Waals surface area contributed by atoms with Gasteiger partial charge in [-0.2, -0.15) is 8.42 Å². The van der Waals surface area contributed by atoms with Crippen molar-refractivity contribution in [3.63, 3.8) is 0 Å². The van der Waals surface area contributed by atoms with Gasteiger partial charge in [0, 0.05) is 6.42 Å². The maximum atomic E-state index is 12.5. The van der Waals surface area contributed by atoms with Crippen LogP contribution in [0.4, 0.5) is 0 Å². The smallest absolute Gasteiger partial charge is 0.267 e. The van der Waals surface area contributed by atoms with Gasteiger partial charge in [0.1, 0.15) is 0 Å². The molecule has 0 aliphatic rings. The first-order valence-electron chi connectivity index (χ1n) is 20.5. The Bertz CT molecular complexity index is 857. The molecule has 1 amide bonds. The maximum absolute atomic E-state index is 12.5. The van der Waals surface area contributed by atoms with Crippen molar-refractivity contribution >= 4 is 16.0 Å². The maximum Gasteiger partial charge on any atom is 0.267 e. The minimum atomic E-state index is -4.34. The molecule has 0 fully saturated rings. The van der Waals surface area contributed by atoms with Crippen LogP contribution in [0.2, 0.25) is 0 Å². The van der Waals surface area contributed by atoms with Crippen LogP contribution in [0.5, 0.6) is 0 Å². The quantitative estimate of drug-likeness (QED) is 0.0340. The molecule has 0 bridgehead atoms. The number of aliphatic hydroxyl groups is 1. The lowest BCUT2D eigenvalue weighted by Gasteiger charge is -2.21. The normalized spacial score (nSPS) is 13.5. The molecule has 0 aliphatic carbocycles. The molecule has 3 N–H and O–H groups in total. The molecular formula is C41H79NO5S. The van der Waals surface area contributed by atoms with Crippen molar-refractivity contribution in [2.45, 2.75) is 225 Å². The van der Waals surface area contributed by atoms with E-state index in [4.69, 9.17) is 0 Å². The van der Waals surface area contributed by atoms with Gasteiger partial charge in [-0.3, -0.25) is 9.35 Å². The first-order valence-corrected chi connectivity index (χ1v) is 22.1. The predicted molar refractivity (Wildman–Crippen MR) is 207 cm³/mol. The summed E-state index contributed by atoms with van der Waals surface area (Å²) in [5.41, 5.74) is 0. The number of aliphatic hydroxyl groups excluding tert-OH is 1. The molecule has 6 nitrogen and oxygen atoms in total. The largest absolute Gasteiger partial charge is 0.387 e. The Balaban J connectivity index is 3.85. The van der Waals surface area contributed by atoms with Gasteiger partial charge in [0.05, 0.1) is 17.9 Å². The monoisotopic (exact) mass is 698 g/mol. The summed E-state index contributed by atoms with van der Waals surface area (Å²) in [5.74, 6) is -0.976. The number of hydrogen-bond donors (Lipinski definition) is 3. The van der Waals surface area contributed by atoms with Crippen LogP contribution in [-0.2, 0) is 14.9 Å². The van der Waals surface area contributed by atoms with Crippen LogP contribution >= 0.6 is 0 Å². The predicted octanol–water partition coefficient (Wildman–Crippen LogP) is 12.0. The van der Waals surface area contributed by atoms with Gasteiger partial charge in [-0.25, -0.2) is 0 Å². The molecule has 0 aromatic heterocycles. The van der Waals surface area contributed by atoms with Crippen molar-refractivity contribution < 1.29 is 22.9 Å². The number of amides is 1. The molecule has 48 heavy (non-hydrogen) atoms. The summed E-state index contributed by atoms with van der Waals surface area (Å²) < 4.78 is 32.4. The molecular weight excluding hydrogens is 619 g/mol. The van der Waals surface area contributed by atoms with Gasteiger partial charge in [-0.05, 0) is 44.9 Å². The molecule has 0 rings (SSSR count). The summed E-state index contributed by atoms with van der Waals surface area (Å²) in [6, 6.07) is -1.05. The van der Waals surface area contributed by atoms with E-state index in [2.05, 4.69) is 31.3 Å². The number of carbonyl (C=O) groups is 1. The van der Waals surface area contributed by atoms with E-state index in [1.807, 2.05) is 6.08 Å². The van der Waals surface area contributed by atoms with E-state index in [0.717, 1.165) is 38.5 Å². The molecule has 0 saturated heterocycles. The van der Waals surface area contributed by atoms with E-state index in [9.17, 15) is 22.9 Å². The lowest BCUT2D eigenvalue weighted by molar-refractivity contribution is -0.122. The molecule has 0 aliphatic heterocycles. The molecule has 2 unspecified atom stereocenters. The van der Waals surface area contributed by atoms with Crippen LogP contribution in [0, 0.1) is 0 Å². The van der Waals surface area contributed by atoms with Crippen molar-refractivity contribution in [1.29, 1.82) is 0 Å². The highest BCUT2D eigenvalue weighted by Gasteiger charge is 2.24. The van der Waals surface area contributed by atoms with Crippen molar-refractivity contribution in [3.8, 4) is 0 Å². The molecule has 7 heteroatoms. The second kappa shape index (κ2) is 35.6. The summed E-state index contributed by atoms with van der Waals surface area (Å²) in [6.45, 7) is 4.51. The highest BCUT2D eigenvalue weighted by atomic mass is 32.2. The van der Waals surface area contributed by atoms with Crippen molar-refractivity contribution in [2.24, 2.45) is 0 Å². The van der Waals surface area contributed by atoms with Gasteiger partial charge >= 0.3 is 0 Å². The van der Waals surface area contributed by atoms with Crippen molar-refractivity contribution in [1.82, 2.24) is 5.32 Å². The Hall–Kier alpha value is -1.18. The fourth-order valence-corrected chi connectivity index (χ4v) is 7.00. The first kappa shape index (κ1) is 46.8. The molecule has 0 spiro atoms. The third-order valence-electron chi connectivity index (χ3n) is 9.37. The average Bonchev–Trinajstić information content (AvgIpc) is 3.05. The Morgan fingerprint density at radius 1 is 0.542 bits per heavy atom. The van der Waals surface area contributed by atoms with Gasteiger partial charge in [0.2, 0.25) is 5.91 Å². The zero-order valence-electron chi connectivity index (χ0n) is 31.6. The molecule has 2 atom stereocenters. The topological polar surface area (TPSA) is 104 Å². The van der Waals surface area contributed by atoms with E-state index < -0.39 is 28.0 Å². The van der Waals surface area contributed by atoms with Gasteiger partial charge in [-0.15, -0.1) is 0 Å². The standard InChI is InChI=1S/C41H79NO5S/c1-3-5-7-9-11-13-15-17-18-19-20-21-22-23-24-25-27-29-31-33-35-37-41(44)42-39(38-48(45,46)47)40(43)36-34-32-30-28-26-16-14-12-10-8-6-4-2/h19-20,34,36,39-40,43H,3-18,21-33,35,37-38H2,1-2H3,(H,42,44)(H,45,46,47)/b20-19-,36-34+. The van der Waals surface area contributed by atoms with Crippen LogP contribution in [0.15, 0.2) is 24.3 Å². The number of allylic oxidation sites excluding steroid dienone is 3. The number of carbonyl (C=O) groups excluding carboxylic acids is 1. The number of unbranched alkanes of at least 4 members (excludes halogenated alkanes) is 27. The molecule has 0 radical (unpaired) electrons.